The van der Waals surface area contributed by atoms with Crippen LogP contribution in [0.15, 0.2) is 36.4 Å². The van der Waals surface area contributed by atoms with E-state index in [4.69, 9.17) is 0 Å². The molecule has 5 nitrogen and oxygen atoms in total. The summed E-state index contributed by atoms with van der Waals surface area (Å²) in [6.45, 7) is 7.75. The second-order valence-electron chi connectivity index (χ2n) is 7.35. The number of hydrogen-bond acceptors (Lipinski definition) is 4. The molecule has 1 N–H and O–H groups in total. The van der Waals surface area contributed by atoms with Gasteiger partial charge in [-0.3, -0.25) is 10.1 Å². The molecule has 0 bridgehead atoms. The average molecular weight is 353 g/mol. The molecule has 138 valence electrons. The van der Waals surface area contributed by atoms with Crippen LogP contribution in [-0.2, 0) is 6.54 Å². The molecular weight excluding hydrogens is 326 g/mol. The smallest absolute Gasteiger partial charge is 0.292 e. The molecule has 1 heterocycles. The standard InChI is InChI=1S/C21H27N3O2/c1-15-10-16(2)12-19(11-15)22-14-18-7-8-20(21(13-18)24(25)26)23-9-5-4-6-17(23)3/h7-8,10-13,17,22H,4-6,9,14H2,1-3H3/t17-/m1/s1. The fourth-order valence-corrected chi connectivity index (χ4v) is 3.80. The Balaban J connectivity index is 1.80. The van der Waals surface area contributed by atoms with Crippen LogP contribution < -0.4 is 10.2 Å². The normalized spacial score (nSPS) is 17.2. The van der Waals surface area contributed by atoms with Gasteiger partial charge < -0.3 is 10.2 Å². The van der Waals surface area contributed by atoms with Crippen LogP contribution in [0.5, 0.6) is 0 Å². The number of anilines is 2. The Bertz CT molecular complexity index is 784. The Kier molecular flexibility index (Phi) is 5.45. The van der Waals surface area contributed by atoms with Gasteiger partial charge in [-0.05, 0) is 74.9 Å². The molecule has 1 saturated heterocycles. The van der Waals surface area contributed by atoms with E-state index in [9.17, 15) is 10.1 Å². The summed E-state index contributed by atoms with van der Waals surface area (Å²) in [6.07, 6.45) is 3.38. The fraction of sp³-hybridized carbons (Fsp3) is 0.429. The van der Waals surface area contributed by atoms with E-state index < -0.39 is 0 Å². The van der Waals surface area contributed by atoms with Crippen molar-refractivity contribution in [3.8, 4) is 0 Å². The van der Waals surface area contributed by atoms with Crippen molar-refractivity contribution in [2.24, 2.45) is 0 Å². The molecule has 2 aromatic carbocycles. The highest BCUT2D eigenvalue weighted by atomic mass is 16.6. The molecule has 2 aromatic rings. The molecule has 0 saturated carbocycles. The number of hydrogen-bond donors (Lipinski definition) is 1. The minimum absolute atomic E-state index is 0.207. The van der Waals surface area contributed by atoms with Crippen LogP contribution in [0.3, 0.4) is 0 Å². The molecule has 0 radical (unpaired) electrons. The molecule has 0 spiro atoms. The van der Waals surface area contributed by atoms with Crippen molar-refractivity contribution in [1.29, 1.82) is 0 Å². The maximum atomic E-state index is 11.6. The van der Waals surface area contributed by atoms with Gasteiger partial charge in [0.15, 0.2) is 0 Å². The maximum Gasteiger partial charge on any atom is 0.292 e. The first-order valence-corrected chi connectivity index (χ1v) is 9.30. The number of aryl methyl sites for hydroxylation is 2. The molecule has 0 amide bonds. The number of nitro groups is 1. The Morgan fingerprint density at radius 1 is 1.15 bits per heavy atom. The van der Waals surface area contributed by atoms with Crippen molar-refractivity contribution in [1.82, 2.24) is 0 Å². The lowest BCUT2D eigenvalue weighted by molar-refractivity contribution is -0.384. The first-order valence-electron chi connectivity index (χ1n) is 9.30. The molecule has 5 heteroatoms. The van der Waals surface area contributed by atoms with E-state index in [0.29, 0.717) is 12.6 Å². The molecule has 0 unspecified atom stereocenters. The fourth-order valence-electron chi connectivity index (χ4n) is 3.80. The molecule has 3 rings (SSSR count). The summed E-state index contributed by atoms with van der Waals surface area (Å²) in [5.41, 5.74) is 5.32. The van der Waals surface area contributed by atoms with Crippen LogP contribution in [0.2, 0.25) is 0 Å². The van der Waals surface area contributed by atoms with Crippen LogP contribution in [-0.4, -0.2) is 17.5 Å². The van der Waals surface area contributed by atoms with E-state index in [1.165, 1.54) is 17.5 Å². The topological polar surface area (TPSA) is 58.4 Å². The zero-order chi connectivity index (χ0) is 18.7. The molecule has 0 aromatic heterocycles. The summed E-state index contributed by atoms with van der Waals surface area (Å²) in [4.78, 5) is 13.6. The first kappa shape index (κ1) is 18.2. The third-order valence-electron chi connectivity index (χ3n) is 5.07. The number of piperidine rings is 1. The summed E-state index contributed by atoms with van der Waals surface area (Å²) in [7, 11) is 0. The highest BCUT2D eigenvalue weighted by Crippen LogP contribution is 2.33. The van der Waals surface area contributed by atoms with Crippen molar-refractivity contribution in [3.63, 3.8) is 0 Å². The summed E-state index contributed by atoms with van der Waals surface area (Å²) < 4.78 is 0. The molecule has 1 atom stereocenters. The molecule has 1 aliphatic heterocycles. The lowest BCUT2D eigenvalue weighted by Crippen LogP contribution is -2.37. The van der Waals surface area contributed by atoms with Gasteiger partial charge in [0.05, 0.1) is 4.92 Å². The molecular formula is C21H27N3O2. The average Bonchev–Trinajstić information content (AvgIpc) is 2.59. The quantitative estimate of drug-likeness (QED) is 0.593. The summed E-state index contributed by atoms with van der Waals surface area (Å²) >= 11 is 0. The van der Waals surface area contributed by atoms with Crippen molar-refractivity contribution in [2.45, 2.75) is 52.6 Å². The van der Waals surface area contributed by atoms with Crippen LogP contribution in [0.25, 0.3) is 0 Å². The van der Waals surface area contributed by atoms with Crippen LogP contribution >= 0.6 is 0 Å². The Hall–Kier alpha value is -2.56. The predicted molar refractivity (Wildman–Crippen MR) is 107 cm³/mol. The first-order chi connectivity index (χ1) is 12.4. The van der Waals surface area contributed by atoms with Gasteiger partial charge in [-0.25, -0.2) is 0 Å². The minimum atomic E-state index is -0.253. The van der Waals surface area contributed by atoms with Crippen LogP contribution in [0.1, 0.15) is 42.9 Å². The van der Waals surface area contributed by atoms with E-state index in [2.05, 4.69) is 49.2 Å². The van der Waals surface area contributed by atoms with Gasteiger partial charge >= 0.3 is 0 Å². The van der Waals surface area contributed by atoms with E-state index in [1.54, 1.807) is 6.07 Å². The summed E-state index contributed by atoms with van der Waals surface area (Å²) in [5, 5.41) is 15.0. The molecule has 0 aliphatic carbocycles. The van der Waals surface area contributed by atoms with Crippen molar-refractivity contribution >= 4 is 17.1 Å². The molecule has 1 fully saturated rings. The van der Waals surface area contributed by atoms with Crippen LogP contribution in [0.4, 0.5) is 17.1 Å². The third kappa shape index (κ3) is 4.15. The van der Waals surface area contributed by atoms with Gasteiger partial charge in [-0.2, -0.15) is 0 Å². The van der Waals surface area contributed by atoms with Crippen molar-refractivity contribution in [3.05, 3.63) is 63.2 Å². The van der Waals surface area contributed by atoms with Crippen molar-refractivity contribution < 1.29 is 4.92 Å². The van der Waals surface area contributed by atoms with E-state index in [0.717, 1.165) is 36.3 Å². The Morgan fingerprint density at radius 2 is 1.88 bits per heavy atom. The Morgan fingerprint density at radius 3 is 2.54 bits per heavy atom. The third-order valence-corrected chi connectivity index (χ3v) is 5.07. The zero-order valence-corrected chi connectivity index (χ0v) is 15.8. The molecule has 26 heavy (non-hydrogen) atoms. The van der Waals surface area contributed by atoms with Gasteiger partial charge in [0.1, 0.15) is 5.69 Å². The van der Waals surface area contributed by atoms with Crippen molar-refractivity contribution in [2.75, 3.05) is 16.8 Å². The van der Waals surface area contributed by atoms with E-state index in [-0.39, 0.29) is 10.6 Å². The number of nitro benzene ring substituents is 1. The van der Waals surface area contributed by atoms with Gasteiger partial charge in [0, 0.05) is 30.9 Å². The largest absolute Gasteiger partial charge is 0.381 e. The van der Waals surface area contributed by atoms with Gasteiger partial charge in [0.25, 0.3) is 5.69 Å². The number of rotatable bonds is 5. The second-order valence-corrected chi connectivity index (χ2v) is 7.35. The number of benzene rings is 2. The van der Waals surface area contributed by atoms with E-state index >= 15 is 0 Å². The zero-order valence-electron chi connectivity index (χ0n) is 15.8. The highest BCUT2D eigenvalue weighted by Gasteiger charge is 2.25. The molecule has 1 aliphatic rings. The lowest BCUT2D eigenvalue weighted by Gasteiger charge is -2.35. The minimum Gasteiger partial charge on any atom is -0.381 e. The maximum absolute atomic E-state index is 11.6. The van der Waals surface area contributed by atoms with E-state index in [1.807, 2.05) is 12.1 Å². The van der Waals surface area contributed by atoms with Gasteiger partial charge in [0.2, 0.25) is 0 Å². The number of nitrogens with one attached hydrogen (secondary N) is 1. The van der Waals surface area contributed by atoms with Gasteiger partial charge in [-0.15, -0.1) is 0 Å². The predicted octanol–water partition coefficient (Wildman–Crippen LogP) is 5.20. The summed E-state index contributed by atoms with van der Waals surface area (Å²) in [5.74, 6) is 0. The van der Waals surface area contributed by atoms with Crippen LogP contribution in [0, 0.1) is 24.0 Å². The summed E-state index contributed by atoms with van der Waals surface area (Å²) in [6, 6.07) is 12.3. The second kappa shape index (κ2) is 7.77. The lowest BCUT2D eigenvalue weighted by atomic mass is 10.0. The highest BCUT2D eigenvalue weighted by molar-refractivity contribution is 5.65. The monoisotopic (exact) mass is 353 g/mol. The number of nitrogens with zero attached hydrogens (tertiary/aromatic N) is 2. The van der Waals surface area contributed by atoms with Gasteiger partial charge in [-0.1, -0.05) is 12.1 Å². The SMILES string of the molecule is Cc1cc(C)cc(NCc2ccc(N3CCCC[C@H]3C)c([N+](=O)[O-])c2)c1. The Labute approximate surface area is 155 Å².